The van der Waals surface area contributed by atoms with Gasteiger partial charge >= 0.3 is 0 Å². The van der Waals surface area contributed by atoms with E-state index in [1.807, 2.05) is 34.0 Å². The zero-order valence-electron chi connectivity index (χ0n) is 26.5. The maximum atomic E-state index is 2.54. The number of benzene rings is 1. The molecule has 218 valence electrons. The van der Waals surface area contributed by atoms with Gasteiger partial charge in [-0.25, -0.2) is 0 Å². The van der Waals surface area contributed by atoms with Gasteiger partial charge in [0, 0.05) is 38.7 Å². The van der Waals surface area contributed by atoms with Crippen molar-refractivity contribution in [3.05, 3.63) is 67.0 Å². The molecule has 0 saturated carbocycles. The highest BCUT2D eigenvalue weighted by Crippen LogP contribution is 2.48. The van der Waals surface area contributed by atoms with Crippen molar-refractivity contribution >= 4 is 77.7 Å². The van der Waals surface area contributed by atoms with Crippen LogP contribution in [0.4, 0.5) is 0 Å². The predicted octanol–water partition coefficient (Wildman–Crippen LogP) is 13.5. The van der Waals surface area contributed by atoms with Crippen molar-refractivity contribution < 1.29 is 0 Å². The van der Waals surface area contributed by atoms with Crippen LogP contribution in [0, 0.1) is 11.8 Å². The first-order valence-electron chi connectivity index (χ1n) is 15.1. The Morgan fingerprint density at radius 1 is 0.634 bits per heavy atom. The molecule has 0 bridgehead atoms. The number of hydrogen-bond acceptors (Lipinski definition) is 4. The van der Waals surface area contributed by atoms with Crippen molar-refractivity contribution in [2.45, 2.75) is 99.3 Å². The third-order valence-corrected chi connectivity index (χ3v) is 13.4. The van der Waals surface area contributed by atoms with Crippen molar-refractivity contribution in [1.29, 1.82) is 0 Å². The molecule has 1 aromatic carbocycles. The van der Waals surface area contributed by atoms with E-state index in [1.165, 1.54) is 51.2 Å². The van der Waals surface area contributed by atoms with E-state index < -0.39 is 0 Å². The fourth-order valence-corrected chi connectivity index (χ4v) is 9.83. The fraction of sp³-hybridized carbons (Fsp3) is 0.459. The molecule has 0 spiro atoms. The maximum absolute atomic E-state index is 2.54. The van der Waals surface area contributed by atoms with Crippen molar-refractivity contribution in [3.63, 3.8) is 0 Å². The Bertz CT molecular complexity index is 1680. The Morgan fingerprint density at radius 2 is 1.22 bits per heavy atom. The Labute approximate surface area is 264 Å². The molecule has 0 aliphatic carbocycles. The van der Waals surface area contributed by atoms with Crippen LogP contribution in [0.1, 0.15) is 106 Å². The van der Waals surface area contributed by atoms with Gasteiger partial charge in [-0.3, -0.25) is 0 Å². The summed E-state index contributed by atoms with van der Waals surface area (Å²) in [5.74, 6) is 1.30. The van der Waals surface area contributed by atoms with Crippen molar-refractivity contribution in [3.8, 4) is 9.75 Å². The summed E-state index contributed by atoms with van der Waals surface area (Å²) >= 11 is 7.91. The highest BCUT2D eigenvalue weighted by molar-refractivity contribution is 7.26. The SMILES string of the molecule is CCC(C)Cc1c2cc(-c3ccc(C=Cc4ccc(C(C)(C)C)s4)s3)sc2c(CC(C)C)c2cc(C(C)(C)C)sc12. The standard InChI is InChI=1S/C37H46S4/c1-11-23(4)19-27-28-20-31(30-16-14-24(38-30)12-13-25-15-17-32(39-25)36(5,6)7)40-34(28)26(18-22(2)3)29-21-33(37(8,9)10)41-35(27)29/h12-17,20-23H,11,18-19H2,1-10H3. The van der Waals surface area contributed by atoms with Crippen molar-refractivity contribution in [2.75, 3.05) is 0 Å². The minimum atomic E-state index is 0.170. The molecule has 0 fully saturated rings. The van der Waals surface area contributed by atoms with Crippen LogP contribution in [-0.2, 0) is 23.7 Å². The van der Waals surface area contributed by atoms with Crippen LogP contribution in [0.3, 0.4) is 0 Å². The molecule has 0 amide bonds. The minimum absolute atomic E-state index is 0.170. The Morgan fingerprint density at radius 3 is 1.83 bits per heavy atom. The van der Waals surface area contributed by atoms with Crippen LogP contribution in [-0.4, -0.2) is 0 Å². The lowest BCUT2D eigenvalue weighted by atomic mass is 9.89. The Balaban J connectivity index is 1.60. The van der Waals surface area contributed by atoms with E-state index in [1.54, 1.807) is 15.8 Å². The van der Waals surface area contributed by atoms with E-state index in [9.17, 15) is 0 Å². The topological polar surface area (TPSA) is 0 Å². The van der Waals surface area contributed by atoms with Gasteiger partial charge < -0.3 is 0 Å². The molecule has 4 aromatic heterocycles. The molecule has 4 heterocycles. The number of hydrogen-bond donors (Lipinski definition) is 0. The van der Waals surface area contributed by atoms with Gasteiger partial charge in [-0.2, -0.15) is 0 Å². The fourth-order valence-electron chi connectivity index (χ4n) is 5.31. The summed E-state index contributed by atoms with van der Waals surface area (Å²) < 4.78 is 3.07. The molecule has 5 aromatic rings. The predicted molar refractivity (Wildman–Crippen MR) is 193 cm³/mol. The number of thiophene rings is 4. The lowest BCUT2D eigenvalue weighted by molar-refractivity contribution is 0.564. The number of rotatable bonds is 8. The third-order valence-electron chi connectivity index (χ3n) is 7.91. The first-order valence-corrected chi connectivity index (χ1v) is 18.4. The van der Waals surface area contributed by atoms with Crippen LogP contribution in [0.5, 0.6) is 0 Å². The monoisotopic (exact) mass is 618 g/mol. The average Bonchev–Trinajstić information content (AvgIpc) is 3.68. The molecular formula is C37H46S4. The van der Waals surface area contributed by atoms with E-state index in [2.05, 4.69) is 129 Å². The molecule has 0 radical (unpaired) electrons. The lowest BCUT2D eigenvalue weighted by Gasteiger charge is -2.15. The van der Waals surface area contributed by atoms with Gasteiger partial charge in [-0.05, 0) is 106 Å². The molecule has 0 aliphatic heterocycles. The highest BCUT2D eigenvalue weighted by Gasteiger charge is 2.25. The van der Waals surface area contributed by atoms with Gasteiger partial charge in [0.1, 0.15) is 0 Å². The average molecular weight is 619 g/mol. The molecule has 0 nitrogen and oxygen atoms in total. The molecule has 5 rings (SSSR count). The van der Waals surface area contributed by atoms with E-state index in [0.717, 1.165) is 12.8 Å². The Hall–Kier alpha value is -1.72. The summed E-state index contributed by atoms with van der Waals surface area (Å²) in [5, 5.41) is 3.03. The van der Waals surface area contributed by atoms with Gasteiger partial charge in [0.25, 0.3) is 0 Å². The second-order valence-corrected chi connectivity index (χ2v) is 18.6. The van der Waals surface area contributed by atoms with Gasteiger partial charge in [-0.1, -0.05) is 75.7 Å². The molecule has 41 heavy (non-hydrogen) atoms. The van der Waals surface area contributed by atoms with Crippen molar-refractivity contribution in [2.24, 2.45) is 11.8 Å². The first-order chi connectivity index (χ1) is 19.2. The van der Waals surface area contributed by atoms with Gasteiger partial charge in [-0.15, -0.1) is 45.3 Å². The van der Waals surface area contributed by atoms with Crippen LogP contribution in [0.25, 0.3) is 42.1 Å². The Kier molecular flexibility index (Phi) is 8.81. The van der Waals surface area contributed by atoms with Crippen LogP contribution in [0.15, 0.2) is 36.4 Å². The highest BCUT2D eigenvalue weighted by atomic mass is 32.1. The summed E-state index contributed by atoms with van der Waals surface area (Å²) in [6, 6.07) is 14.2. The largest absolute Gasteiger partial charge is 0.140 e. The summed E-state index contributed by atoms with van der Waals surface area (Å²) in [6.07, 6.45) is 8.08. The number of fused-ring (bicyclic) bond motifs is 2. The van der Waals surface area contributed by atoms with Crippen LogP contribution < -0.4 is 0 Å². The third kappa shape index (κ3) is 6.61. The summed E-state index contributed by atoms with van der Waals surface area (Å²) in [4.78, 5) is 8.40. The van der Waals surface area contributed by atoms with Crippen LogP contribution in [0.2, 0.25) is 0 Å². The second kappa shape index (κ2) is 11.8. The molecular weight excluding hydrogens is 573 g/mol. The maximum Gasteiger partial charge on any atom is 0.0455 e. The molecule has 4 heteroatoms. The zero-order chi connectivity index (χ0) is 29.7. The molecule has 0 saturated heterocycles. The van der Waals surface area contributed by atoms with Gasteiger partial charge in [0.2, 0.25) is 0 Å². The molecule has 0 aliphatic rings. The second-order valence-electron chi connectivity index (χ2n) is 14.2. The first kappa shape index (κ1) is 30.7. The summed E-state index contributed by atoms with van der Waals surface area (Å²) in [5.41, 5.74) is 3.54. The summed E-state index contributed by atoms with van der Waals surface area (Å²) in [6.45, 7) is 23.4. The quantitative estimate of drug-likeness (QED) is 0.162. The van der Waals surface area contributed by atoms with E-state index in [0.29, 0.717) is 11.8 Å². The summed E-state index contributed by atoms with van der Waals surface area (Å²) in [7, 11) is 0. The zero-order valence-corrected chi connectivity index (χ0v) is 29.8. The normalized spacial score (nSPS) is 13.9. The molecule has 1 unspecified atom stereocenters. The lowest BCUT2D eigenvalue weighted by Crippen LogP contribution is -2.07. The van der Waals surface area contributed by atoms with Gasteiger partial charge in [0.15, 0.2) is 0 Å². The smallest absolute Gasteiger partial charge is 0.0455 e. The molecule has 1 atom stereocenters. The van der Waals surface area contributed by atoms with Crippen molar-refractivity contribution in [1.82, 2.24) is 0 Å². The van der Waals surface area contributed by atoms with E-state index in [-0.39, 0.29) is 10.8 Å². The molecule has 0 N–H and O–H groups in total. The minimum Gasteiger partial charge on any atom is -0.140 e. The van der Waals surface area contributed by atoms with Crippen LogP contribution >= 0.6 is 45.3 Å². The van der Waals surface area contributed by atoms with E-state index >= 15 is 0 Å². The van der Waals surface area contributed by atoms with E-state index in [4.69, 9.17) is 0 Å². The van der Waals surface area contributed by atoms with Gasteiger partial charge in [0.05, 0.1) is 0 Å².